The van der Waals surface area contributed by atoms with Crippen molar-refractivity contribution in [3.8, 4) is 0 Å². The molecule has 0 aromatic carbocycles. The van der Waals surface area contributed by atoms with Crippen LogP contribution in [0.2, 0.25) is 0 Å². The second kappa shape index (κ2) is 70.1. The molecule has 0 fully saturated rings. The Kier molecular flexibility index (Phi) is 68.7. The molecule has 3 unspecified atom stereocenters. The molecule has 570 valence electrons. The molecule has 0 rings (SSSR count). The molecule has 19 heteroatoms. The van der Waals surface area contributed by atoms with E-state index in [1.807, 2.05) is 0 Å². The maximum atomic E-state index is 13.1. The third kappa shape index (κ3) is 69.2. The van der Waals surface area contributed by atoms with Crippen LogP contribution >= 0.6 is 15.6 Å². The highest BCUT2D eigenvalue weighted by molar-refractivity contribution is 7.47. The summed E-state index contributed by atoms with van der Waals surface area (Å²) in [6, 6.07) is 0. The third-order valence-corrected chi connectivity index (χ3v) is 20.3. The fourth-order valence-electron chi connectivity index (χ4n) is 11.8. The van der Waals surface area contributed by atoms with Crippen LogP contribution in [0.4, 0.5) is 0 Å². The summed E-state index contributed by atoms with van der Waals surface area (Å²) in [6.07, 6.45) is 60.2. The Morgan fingerprint density at radius 3 is 0.740 bits per heavy atom. The second-order valence-electron chi connectivity index (χ2n) is 28.0. The summed E-state index contributed by atoms with van der Waals surface area (Å²) in [7, 11) is -9.90. The summed E-state index contributed by atoms with van der Waals surface area (Å²) in [5, 5.41) is 10.6. The number of aliphatic hydroxyl groups excluding tert-OH is 1. The van der Waals surface area contributed by atoms with Crippen molar-refractivity contribution in [2.75, 3.05) is 39.6 Å². The highest BCUT2D eigenvalue weighted by Crippen LogP contribution is 2.45. The number of hydrogen-bond acceptors (Lipinski definition) is 15. The molecule has 0 radical (unpaired) electrons. The lowest BCUT2D eigenvalue weighted by Gasteiger charge is -2.21. The number of phosphoric acid groups is 2. The largest absolute Gasteiger partial charge is 0.472 e. The molecule has 17 nitrogen and oxygen atoms in total. The van der Waals surface area contributed by atoms with Crippen molar-refractivity contribution in [1.82, 2.24) is 0 Å². The Morgan fingerprint density at radius 2 is 0.500 bits per heavy atom. The standard InChI is InChI=1S/C77H150O17P2/c1-6-10-13-16-18-20-22-23-24-25-26-30-33-36-39-43-46-51-56-61-75(80)88-67-73(94-77(82)63-58-53-48-44-40-37-34-31-28-27-29-32-35-38-41-45-50-54-59-70(5)9-4)69-92-96(85,86)90-65-71(78)64-89-95(83,84)91-68-72(66-87-74(79)60-55-49-15-12-8-3)93-76(81)62-57-52-47-42-21-19-17-14-11-7-2/h70-73,78H,6-69H2,1-5H3,(H,83,84)(H,85,86)/t70?,71-,72+,73+/m0/s1. The van der Waals surface area contributed by atoms with Crippen molar-refractivity contribution in [3.05, 3.63) is 0 Å². The van der Waals surface area contributed by atoms with E-state index in [0.29, 0.717) is 25.7 Å². The number of hydrogen-bond donors (Lipinski definition) is 3. The van der Waals surface area contributed by atoms with Crippen LogP contribution < -0.4 is 0 Å². The Morgan fingerprint density at radius 1 is 0.292 bits per heavy atom. The second-order valence-corrected chi connectivity index (χ2v) is 30.9. The lowest BCUT2D eigenvalue weighted by Crippen LogP contribution is -2.30. The van der Waals surface area contributed by atoms with Crippen LogP contribution in [-0.4, -0.2) is 96.7 Å². The molecule has 0 aliphatic carbocycles. The molecule has 0 aliphatic rings. The summed E-state index contributed by atoms with van der Waals surface area (Å²) in [5.41, 5.74) is 0. The number of carbonyl (C=O) groups is 4. The molecular formula is C77H150O17P2. The zero-order valence-corrected chi connectivity index (χ0v) is 64.3. The zero-order valence-electron chi connectivity index (χ0n) is 62.5. The van der Waals surface area contributed by atoms with E-state index in [1.54, 1.807) is 0 Å². The van der Waals surface area contributed by atoms with Gasteiger partial charge < -0.3 is 33.8 Å². The van der Waals surface area contributed by atoms with Crippen LogP contribution in [0.15, 0.2) is 0 Å². The van der Waals surface area contributed by atoms with E-state index >= 15 is 0 Å². The van der Waals surface area contributed by atoms with Gasteiger partial charge in [0.25, 0.3) is 0 Å². The first-order valence-electron chi connectivity index (χ1n) is 40.2. The molecule has 0 heterocycles. The molecule has 6 atom stereocenters. The Bertz CT molecular complexity index is 1840. The Labute approximate surface area is 588 Å². The van der Waals surface area contributed by atoms with E-state index in [9.17, 15) is 43.2 Å². The summed E-state index contributed by atoms with van der Waals surface area (Å²) < 4.78 is 68.2. The van der Waals surface area contributed by atoms with Gasteiger partial charge in [-0.25, -0.2) is 9.13 Å². The van der Waals surface area contributed by atoms with Gasteiger partial charge in [0, 0.05) is 25.7 Å². The zero-order chi connectivity index (χ0) is 70.5. The summed E-state index contributed by atoms with van der Waals surface area (Å²) in [4.78, 5) is 72.5. The SMILES string of the molecule is CCCCCCCCCCCCCCCCCCCCCC(=O)OC[C@H](COP(=O)(O)OC[C@@H](O)COP(=O)(O)OC[C@@H](COC(=O)CCCCCCC)OC(=O)CCCCCCCCCCCC)OC(=O)CCCCCCCCCCCCCCCCCCCCC(C)CC. The maximum Gasteiger partial charge on any atom is 0.472 e. The van der Waals surface area contributed by atoms with E-state index in [1.165, 1.54) is 225 Å². The molecule has 0 aromatic rings. The first-order valence-corrected chi connectivity index (χ1v) is 43.2. The third-order valence-electron chi connectivity index (χ3n) is 18.4. The molecule has 96 heavy (non-hydrogen) atoms. The minimum atomic E-state index is -4.96. The van der Waals surface area contributed by atoms with Crippen LogP contribution in [0.3, 0.4) is 0 Å². The topological polar surface area (TPSA) is 237 Å². The fraction of sp³-hybridized carbons (Fsp3) is 0.948. The average molecular weight is 1410 g/mol. The highest BCUT2D eigenvalue weighted by Gasteiger charge is 2.30. The monoisotopic (exact) mass is 1410 g/mol. The summed E-state index contributed by atoms with van der Waals surface area (Å²) in [6.45, 7) is 7.26. The van der Waals surface area contributed by atoms with Crippen LogP contribution in [0.25, 0.3) is 0 Å². The highest BCUT2D eigenvalue weighted by atomic mass is 31.2. The predicted octanol–water partition coefficient (Wildman–Crippen LogP) is 22.9. The normalized spacial score (nSPS) is 14.2. The van der Waals surface area contributed by atoms with Crippen molar-refractivity contribution in [3.63, 3.8) is 0 Å². The maximum absolute atomic E-state index is 13.1. The van der Waals surface area contributed by atoms with Crippen molar-refractivity contribution in [2.24, 2.45) is 5.92 Å². The van der Waals surface area contributed by atoms with E-state index in [4.69, 9.17) is 37.0 Å². The van der Waals surface area contributed by atoms with Gasteiger partial charge in [-0.1, -0.05) is 356 Å². The number of unbranched alkanes of at least 4 members (excludes halogenated alkanes) is 48. The van der Waals surface area contributed by atoms with Gasteiger partial charge in [0.2, 0.25) is 0 Å². The molecule has 0 bridgehead atoms. The molecular weight excluding hydrogens is 1260 g/mol. The van der Waals surface area contributed by atoms with Gasteiger partial charge >= 0.3 is 39.5 Å². The molecule has 0 amide bonds. The number of phosphoric ester groups is 2. The number of rotatable bonds is 77. The lowest BCUT2D eigenvalue weighted by molar-refractivity contribution is -0.161. The molecule has 0 aromatic heterocycles. The Hall–Kier alpha value is -1.94. The van der Waals surface area contributed by atoms with Gasteiger partial charge in [0.15, 0.2) is 12.2 Å². The van der Waals surface area contributed by atoms with Crippen LogP contribution in [0.5, 0.6) is 0 Å². The molecule has 0 saturated carbocycles. The number of ether oxygens (including phenoxy) is 4. The van der Waals surface area contributed by atoms with Crippen LogP contribution in [-0.2, 0) is 65.4 Å². The van der Waals surface area contributed by atoms with E-state index in [-0.39, 0.29) is 25.7 Å². The molecule has 3 N–H and O–H groups in total. The summed E-state index contributed by atoms with van der Waals surface area (Å²) >= 11 is 0. The van der Waals surface area contributed by atoms with Gasteiger partial charge in [0.1, 0.15) is 19.3 Å². The van der Waals surface area contributed by atoms with E-state index in [2.05, 4.69) is 34.6 Å². The minimum Gasteiger partial charge on any atom is -0.462 e. The molecule has 0 saturated heterocycles. The van der Waals surface area contributed by atoms with Crippen molar-refractivity contribution in [2.45, 2.75) is 425 Å². The fourth-order valence-corrected chi connectivity index (χ4v) is 13.4. The summed E-state index contributed by atoms with van der Waals surface area (Å²) in [5.74, 6) is -1.25. The first-order chi connectivity index (χ1) is 46.6. The van der Waals surface area contributed by atoms with Gasteiger partial charge in [-0.15, -0.1) is 0 Å². The number of esters is 4. The van der Waals surface area contributed by atoms with Crippen LogP contribution in [0.1, 0.15) is 407 Å². The smallest absolute Gasteiger partial charge is 0.462 e. The first kappa shape index (κ1) is 94.1. The van der Waals surface area contributed by atoms with Gasteiger partial charge in [-0.05, 0) is 31.6 Å². The number of aliphatic hydroxyl groups is 1. The predicted molar refractivity (Wildman–Crippen MR) is 391 cm³/mol. The quantitative estimate of drug-likeness (QED) is 0.0222. The van der Waals surface area contributed by atoms with Crippen molar-refractivity contribution >= 4 is 39.5 Å². The van der Waals surface area contributed by atoms with Gasteiger partial charge in [-0.3, -0.25) is 37.3 Å². The molecule has 0 aliphatic heterocycles. The van der Waals surface area contributed by atoms with Crippen LogP contribution in [0, 0.1) is 5.92 Å². The molecule has 0 spiro atoms. The number of carbonyl (C=O) groups excluding carboxylic acids is 4. The Balaban J connectivity index is 5.09. The lowest BCUT2D eigenvalue weighted by atomic mass is 9.99. The minimum absolute atomic E-state index is 0.106. The van der Waals surface area contributed by atoms with Crippen molar-refractivity contribution < 1.29 is 80.2 Å². The van der Waals surface area contributed by atoms with Crippen molar-refractivity contribution in [1.29, 1.82) is 0 Å². The van der Waals surface area contributed by atoms with E-state index in [0.717, 1.165) is 102 Å². The van der Waals surface area contributed by atoms with E-state index < -0.39 is 97.5 Å². The average Bonchev–Trinajstić information content (AvgIpc) is 1.42. The van der Waals surface area contributed by atoms with Gasteiger partial charge in [-0.2, -0.15) is 0 Å². The van der Waals surface area contributed by atoms with Gasteiger partial charge in [0.05, 0.1) is 26.4 Å².